The van der Waals surface area contributed by atoms with Crippen molar-refractivity contribution in [3.63, 3.8) is 0 Å². The van der Waals surface area contributed by atoms with Crippen LogP contribution in [0.15, 0.2) is 40.1 Å². The van der Waals surface area contributed by atoms with Gasteiger partial charge >= 0.3 is 0 Å². The topological polar surface area (TPSA) is 97.6 Å². The van der Waals surface area contributed by atoms with Crippen LogP contribution < -0.4 is 26.6 Å². The fraction of sp³-hybridized carbons (Fsp3) is 0.421. The fourth-order valence-corrected chi connectivity index (χ4v) is 3.03. The molecule has 0 radical (unpaired) electrons. The molecule has 1 aromatic heterocycles. The molecule has 0 aliphatic carbocycles. The van der Waals surface area contributed by atoms with E-state index in [1.165, 1.54) is 24.8 Å². The smallest absolute Gasteiger partial charge is 0.253 e. The highest BCUT2D eigenvalue weighted by atomic mass is 16.5. The van der Waals surface area contributed by atoms with E-state index in [1.807, 2.05) is 24.3 Å². The molecule has 0 spiro atoms. The Balaban J connectivity index is 1.41. The van der Waals surface area contributed by atoms with Gasteiger partial charge in [0, 0.05) is 25.4 Å². The first-order valence-electron chi connectivity index (χ1n) is 8.93. The predicted octanol–water partition coefficient (Wildman–Crippen LogP) is 1.29. The summed E-state index contributed by atoms with van der Waals surface area (Å²) in [5.74, 6) is 0.601. The zero-order valence-electron chi connectivity index (χ0n) is 14.7. The minimum atomic E-state index is -0.615. The summed E-state index contributed by atoms with van der Waals surface area (Å²) in [5.41, 5.74) is 5.69. The highest BCUT2D eigenvalue weighted by Gasteiger charge is 2.16. The van der Waals surface area contributed by atoms with E-state index in [0.29, 0.717) is 19.0 Å². The van der Waals surface area contributed by atoms with Crippen LogP contribution in [0.5, 0.6) is 5.88 Å². The normalized spacial score (nSPS) is 15.5. The molecular weight excluding hydrogens is 332 g/mol. The maximum absolute atomic E-state index is 11.2. The Morgan fingerprint density at radius 1 is 1.19 bits per heavy atom. The Labute approximate surface area is 152 Å². The molecule has 26 heavy (non-hydrogen) atoms. The van der Waals surface area contributed by atoms with E-state index in [9.17, 15) is 9.59 Å². The van der Waals surface area contributed by atoms with Crippen LogP contribution in [0.1, 0.15) is 24.8 Å². The van der Waals surface area contributed by atoms with Crippen LogP contribution >= 0.6 is 0 Å². The molecule has 0 unspecified atom stereocenters. The van der Waals surface area contributed by atoms with Gasteiger partial charge in [0.25, 0.3) is 10.9 Å². The number of hydrogen-bond acceptors (Lipinski definition) is 7. The summed E-state index contributed by atoms with van der Waals surface area (Å²) in [6.45, 7) is 4.03. The van der Waals surface area contributed by atoms with Gasteiger partial charge in [-0.05, 0) is 43.6 Å². The molecule has 1 saturated heterocycles. The van der Waals surface area contributed by atoms with Crippen molar-refractivity contribution in [1.29, 1.82) is 0 Å². The van der Waals surface area contributed by atoms with Crippen molar-refractivity contribution in [2.45, 2.75) is 25.8 Å². The van der Waals surface area contributed by atoms with Gasteiger partial charge < -0.3 is 15.8 Å². The molecule has 3 rings (SSSR count). The summed E-state index contributed by atoms with van der Waals surface area (Å²) in [4.78, 5) is 28.9. The van der Waals surface area contributed by atoms with Crippen LogP contribution in [0.3, 0.4) is 0 Å². The zero-order chi connectivity index (χ0) is 18.4. The van der Waals surface area contributed by atoms with Crippen molar-refractivity contribution >= 4 is 11.4 Å². The van der Waals surface area contributed by atoms with Crippen molar-refractivity contribution in [1.82, 2.24) is 9.88 Å². The third kappa shape index (κ3) is 4.49. The van der Waals surface area contributed by atoms with Crippen LogP contribution in [-0.2, 0) is 6.54 Å². The van der Waals surface area contributed by atoms with Crippen molar-refractivity contribution in [3.8, 4) is 5.88 Å². The van der Waals surface area contributed by atoms with Gasteiger partial charge in [-0.3, -0.25) is 14.5 Å². The quantitative estimate of drug-likeness (QED) is 0.543. The monoisotopic (exact) mass is 356 g/mol. The Kier molecular flexibility index (Phi) is 6.01. The Hall–Kier alpha value is -2.67. The Morgan fingerprint density at radius 3 is 2.77 bits per heavy atom. The van der Waals surface area contributed by atoms with Crippen LogP contribution in [0.2, 0.25) is 0 Å². The fourth-order valence-electron chi connectivity index (χ4n) is 3.03. The van der Waals surface area contributed by atoms with Crippen LogP contribution in [0.4, 0.5) is 11.4 Å². The van der Waals surface area contributed by atoms with E-state index in [1.54, 1.807) is 6.20 Å². The summed E-state index contributed by atoms with van der Waals surface area (Å²) >= 11 is 0. The number of anilines is 2. The maximum Gasteiger partial charge on any atom is 0.253 e. The summed E-state index contributed by atoms with van der Waals surface area (Å²) in [5, 5.41) is 2.82. The molecule has 0 amide bonds. The third-order valence-corrected chi connectivity index (χ3v) is 4.49. The second-order valence-electron chi connectivity index (χ2n) is 6.45. The van der Waals surface area contributed by atoms with Gasteiger partial charge in [-0.2, -0.15) is 0 Å². The lowest BCUT2D eigenvalue weighted by Gasteiger charge is -2.26. The van der Waals surface area contributed by atoms with Crippen LogP contribution in [0, 0.1) is 0 Å². The summed E-state index contributed by atoms with van der Waals surface area (Å²) < 4.78 is 5.64. The van der Waals surface area contributed by atoms with Gasteiger partial charge in [-0.1, -0.05) is 12.5 Å². The van der Waals surface area contributed by atoms with Crippen molar-refractivity contribution in [2.75, 3.05) is 37.3 Å². The molecule has 2 aromatic rings. The zero-order valence-corrected chi connectivity index (χ0v) is 14.7. The summed E-state index contributed by atoms with van der Waals surface area (Å²) in [6, 6.07) is 4.00. The van der Waals surface area contributed by atoms with E-state index in [4.69, 9.17) is 10.5 Å². The number of nitrogen functional groups attached to an aromatic ring is 1. The molecule has 2 heterocycles. The molecule has 3 N–H and O–H groups in total. The number of likely N-dealkylation sites (tertiary alicyclic amines) is 1. The first kappa shape index (κ1) is 18.1. The van der Waals surface area contributed by atoms with Crippen molar-refractivity contribution in [3.05, 3.63) is 56.5 Å². The number of ether oxygens (including phenoxy) is 1. The first-order valence-corrected chi connectivity index (χ1v) is 8.93. The van der Waals surface area contributed by atoms with Gasteiger partial charge in [-0.15, -0.1) is 0 Å². The Morgan fingerprint density at radius 2 is 2.00 bits per heavy atom. The minimum absolute atomic E-state index is 0.00868. The summed E-state index contributed by atoms with van der Waals surface area (Å²) in [7, 11) is 0. The number of rotatable bonds is 8. The van der Waals surface area contributed by atoms with Gasteiger partial charge in [-0.25, -0.2) is 4.98 Å². The minimum Gasteiger partial charge on any atom is -0.473 e. The average Bonchev–Trinajstić information content (AvgIpc) is 2.67. The largest absolute Gasteiger partial charge is 0.473 e. The van der Waals surface area contributed by atoms with E-state index in [-0.39, 0.29) is 11.4 Å². The standard InChI is InChI=1S/C19H24N4O3/c20-16-17(19(25)18(16)24)22-7-2-5-11-26-15-12-14(6-8-21-15)13-23-9-3-1-4-10-23/h2,5-6,8,12,22H,1,3-4,7,9-11,13,20H2/b5-2-. The lowest BCUT2D eigenvalue weighted by atomic mass is 10.1. The second kappa shape index (κ2) is 8.62. The van der Waals surface area contributed by atoms with Gasteiger partial charge in [0.05, 0.1) is 0 Å². The number of aromatic nitrogens is 1. The molecule has 7 heteroatoms. The van der Waals surface area contributed by atoms with Crippen molar-refractivity contribution < 1.29 is 4.74 Å². The van der Waals surface area contributed by atoms with Gasteiger partial charge in [0.1, 0.15) is 18.0 Å². The maximum atomic E-state index is 11.2. The van der Waals surface area contributed by atoms with E-state index in [0.717, 1.165) is 19.6 Å². The van der Waals surface area contributed by atoms with E-state index < -0.39 is 10.9 Å². The lowest BCUT2D eigenvalue weighted by molar-refractivity contribution is 0.220. The molecule has 0 saturated carbocycles. The number of piperidine rings is 1. The molecule has 1 aromatic carbocycles. The SMILES string of the molecule is Nc1c(NC/C=C\COc2cc(CN3CCCCC3)ccn2)c(=O)c1=O. The number of nitrogens with two attached hydrogens (primary N) is 1. The average molecular weight is 356 g/mol. The molecule has 0 atom stereocenters. The van der Waals surface area contributed by atoms with E-state index >= 15 is 0 Å². The Bertz CT molecular complexity index is 834. The third-order valence-electron chi connectivity index (χ3n) is 4.49. The lowest BCUT2D eigenvalue weighted by Crippen LogP contribution is -2.37. The summed E-state index contributed by atoms with van der Waals surface area (Å²) in [6.07, 6.45) is 9.29. The predicted molar refractivity (Wildman–Crippen MR) is 102 cm³/mol. The van der Waals surface area contributed by atoms with Crippen molar-refractivity contribution in [2.24, 2.45) is 0 Å². The molecule has 1 fully saturated rings. The van der Waals surface area contributed by atoms with Gasteiger partial charge in [0.2, 0.25) is 5.88 Å². The van der Waals surface area contributed by atoms with Crippen LogP contribution in [-0.4, -0.2) is 36.1 Å². The van der Waals surface area contributed by atoms with E-state index in [2.05, 4.69) is 15.2 Å². The second-order valence-corrected chi connectivity index (χ2v) is 6.45. The number of nitrogens with one attached hydrogen (secondary N) is 1. The molecule has 1 aliphatic rings. The number of nitrogens with zero attached hydrogens (tertiary/aromatic N) is 2. The molecule has 7 nitrogen and oxygen atoms in total. The molecule has 0 bridgehead atoms. The molecule has 138 valence electrons. The molecule has 1 aliphatic heterocycles. The number of pyridine rings is 1. The first-order chi connectivity index (χ1) is 12.6. The number of hydrogen-bond donors (Lipinski definition) is 2. The molecular formula is C19H24N4O3. The highest BCUT2D eigenvalue weighted by Crippen LogP contribution is 2.15. The van der Waals surface area contributed by atoms with Crippen LogP contribution in [0.25, 0.3) is 0 Å². The highest BCUT2D eigenvalue weighted by molar-refractivity contribution is 5.71. The van der Waals surface area contributed by atoms with Gasteiger partial charge in [0.15, 0.2) is 0 Å².